The van der Waals surface area contributed by atoms with Crippen LogP contribution in [0.1, 0.15) is 24.0 Å². The Morgan fingerprint density at radius 2 is 1.80 bits per heavy atom. The molecule has 3 rings (SSSR count). The highest BCUT2D eigenvalue weighted by Gasteiger charge is 2.29. The topological polar surface area (TPSA) is 55.6 Å². The molecule has 0 aromatic heterocycles. The molecule has 25 heavy (non-hydrogen) atoms. The highest BCUT2D eigenvalue weighted by Crippen LogP contribution is 2.30. The Kier molecular flexibility index (Phi) is 5.23. The van der Waals surface area contributed by atoms with Crippen molar-refractivity contribution in [1.29, 1.82) is 0 Å². The second-order valence-electron chi connectivity index (χ2n) is 6.09. The standard InChI is InChI=1S/C18H18F2N2O3/c19-18(20)25-17-8-4-13(5-9-17)11-21(15-6-7-15)12-14-2-1-3-16(10-14)22(23)24/h1-5,8-10,15,18H,6-7,11-12H2. The molecule has 0 spiro atoms. The fourth-order valence-corrected chi connectivity index (χ4v) is 2.77. The number of hydrogen-bond acceptors (Lipinski definition) is 4. The summed E-state index contributed by atoms with van der Waals surface area (Å²) in [5.41, 5.74) is 1.96. The van der Waals surface area contributed by atoms with Crippen LogP contribution in [0.5, 0.6) is 5.75 Å². The molecular weight excluding hydrogens is 330 g/mol. The molecule has 132 valence electrons. The highest BCUT2D eigenvalue weighted by molar-refractivity contribution is 5.34. The van der Waals surface area contributed by atoms with Gasteiger partial charge in [0.1, 0.15) is 5.75 Å². The average molecular weight is 348 g/mol. The number of nitro groups is 1. The molecule has 7 heteroatoms. The van der Waals surface area contributed by atoms with Crippen LogP contribution in [-0.2, 0) is 13.1 Å². The lowest BCUT2D eigenvalue weighted by atomic mass is 10.1. The summed E-state index contributed by atoms with van der Waals surface area (Å²) in [6.07, 6.45) is 2.20. The van der Waals surface area contributed by atoms with Crippen LogP contribution in [-0.4, -0.2) is 22.5 Å². The molecule has 1 aliphatic carbocycles. The zero-order valence-electron chi connectivity index (χ0n) is 13.5. The molecule has 1 aliphatic rings. The predicted octanol–water partition coefficient (Wildman–Crippen LogP) is 4.36. The molecule has 0 radical (unpaired) electrons. The van der Waals surface area contributed by atoms with Crippen molar-refractivity contribution in [3.8, 4) is 5.75 Å². The van der Waals surface area contributed by atoms with Gasteiger partial charge in [0.15, 0.2) is 0 Å². The third kappa shape index (κ3) is 4.96. The van der Waals surface area contributed by atoms with Crippen molar-refractivity contribution in [2.75, 3.05) is 0 Å². The van der Waals surface area contributed by atoms with Gasteiger partial charge in [0.2, 0.25) is 0 Å². The van der Waals surface area contributed by atoms with Crippen molar-refractivity contribution in [2.45, 2.75) is 38.6 Å². The van der Waals surface area contributed by atoms with Gasteiger partial charge in [0.05, 0.1) is 4.92 Å². The van der Waals surface area contributed by atoms with Gasteiger partial charge >= 0.3 is 6.61 Å². The lowest BCUT2D eigenvalue weighted by Gasteiger charge is -2.22. The number of rotatable bonds is 8. The number of benzene rings is 2. The summed E-state index contributed by atoms with van der Waals surface area (Å²) in [4.78, 5) is 12.8. The van der Waals surface area contributed by atoms with Crippen molar-refractivity contribution in [3.05, 3.63) is 69.8 Å². The third-order valence-electron chi connectivity index (χ3n) is 4.10. The third-order valence-corrected chi connectivity index (χ3v) is 4.10. The normalized spacial score (nSPS) is 14.1. The Bertz CT molecular complexity index is 733. The van der Waals surface area contributed by atoms with Gasteiger partial charge < -0.3 is 4.74 Å². The average Bonchev–Trinajstić information content (AvgIpc) is 3.41. The quantitative estimate of drug-likeness (QED) is 0.525. The van der Waals surface area contributed by atoms with Crippen LogP contribution in [0.25, 0.3) is 0 Å². The first kappa shape index (κ1) is 17.3. The number of non-ortho nitro benzene ring substituents is 1. The summed E-state index contributed by atoms with van der Waals surface area (Å²) in [7, 11) is 0. The molecule has 0 aliphatic heterocycles. The highest BCUT2D eigenvalue weighted by atomic mass is 19.3. The molecule has 0 atom stereocenters. The molecule has 0 amide bonds. The Morgan fingerprint density at radius 1 is 1.12 bits per heavy atom. The molecule has 5 nitrogen and oxygen atoms in total. The number of nitrogens with zero attached hydrogens (tertiary/aromatic N) is 2. The lowest BCUT2D eigenvalue weighted by Crippen LogP contribution is -2.25. The summed E-state index contributed by atoms with van der Waals surface area (Å²) in [6.45, 7) is -1.56. The monoisotopic (exact) mass is 348 g/mol. The molecule has 2 aromatic rings. The molecule has 0 bridgehead atoms. The van der Waals surface area contributed by atoms with Crippen LogP contribution in [0.3, 0.4) is 0 Å². The Hall–Kier alpha value is -2.54. The van der Waals surface area contributed by atoms with E-state index in [1.807, 2.05) is 6.07 Å². The summed E-state index contributed by atoms with van der Waals surface area (Å²) in [5.74, 6) is 0.135. The summed E-state index contributed by atoms with van der Waals surface area (Å²) in [5, 5.41) is 10.9. The first-order chi connectivity index (χ1) is 12.0. The van der Waals surface area contributed by atoms with Gasteiger partial charge in [-0.25, -0.2) is 0 Å². The minimum absolute atomic E-state index is 0.0850. The molecule has 0 N–H and O–H groups in total. The maximum atomic E-state index is 12.2. The number of halogens is 2. The largest absolute Gasteiger partial charge is 0.435 e. The van der Waals surface area contributed by atoms with Crippen molar-refractivity contribution >= 4 is 5.69 Å². The van der Waals surface area contributed by atoms with Crippen molar-refractivity contribution in [2.24, 2.45) is 0 Å². The van der Waals surface area contributed by atoms with Crippen LogP contribution in [0.2, 0.25) is 0 Å². The maximum absolute atomic E-state index is 12.2. The van der Waals surface area contributed by atoms with Crippen molar-refractivity contribution in [1.82, 2.24) is 4.90 Å². The summed E-state index contributed by atoms with van der Waals surface area (Å²) < 4.78 is 28.8. The van der Waals surface area contributed by atoms with Gasteiger partial charge in [-0.2, -0.15) is 8.78 Å². The number of ether oxygens (including phenoxy) is 1. The van der Waals surface area contributed by atoms with E-state index in [1.165, 1.54) is 18.2 Å². The fourth-order valence-electron chi connectivity index (χ4n) is 2.77. The predicted molar refractivity (Wildman–Crippen MR) is 88.4 cm³/mol. The van der Waals surface area contributed by atoms with E-state index in [2.05, 4.69) is 9.64 Å². The van der Waals surface area contributed by atoms with Crippen molar-refractivity contribution < 1.29 is 18.4 Å². The van der Waals surface area contributed by atoms with Gasteiger partial charge in [-0.05, 0) is 36.1 Å². The Balaban J connectivity index is 1.67. The smallest absolute Gasteiger partial charge is 0.387 e. The molecule has 1 fully saturated rings. The summed E-state index contributed by atoms with van der Waals surface area (Å²) >= 11 is 0. The van der Waals surface area contributed by atoms with E-state index < -0.39 is 11.5 Å². The Morgan fingerprint density at radius 3 is 2.40 bits per heavy atom. The molecule has 0 heterocycles. The number of hydrogen-bond donors (Lipinski definition) is 0. The SMILES string of the molecule is O=[N+]([O-])c1cccc(CN(Cc2ccc(OC(F)F)cc2)C2CC2)c1. The molecular formula is C18H18F2N2O3. The number of alkyl halides is 2. The number of nitro benzene ring substituents is 1. The second kappa shape index (κ2) is 7.57. The van der Waals surface area contributed by atoms with Crippen molar-refractivity contribution in [3.63, 3.8) is 0 Å². The van der Waals surface area contributed by atoms with Gasteiger partial charge in [-0.15, -0.1) is 0 Å². The van der Waals surface area contributed by atoms with E-state index in [0.29, 0.717) is 19.1 Å². The first-order valence-corrected chi connectivity index (χ1v) is 8.02. The molecule has 0 saturated heterocycles. The van der Waals surface area contributed by atoms with E-state index in [4.69, 9.17) is 0 Å². The minimum atomic E-state index is -2.83. The fraction of sp³-hybridized carbons (Fsp3) is 0.333. The van der Waals surface area contributed by atoms with Gasteiger partial charge in [-0.3, -0.25) is 15.0 Å². The van der Waals surface area contributed by atoms with E-state index in [0.717, 1.165) is 24.0 Å². The van der Waals surface area contributed by atoms with Crippen LogP contribution >= 0.6 is 0 Å². The first-order valence-electron chi connectivity index (χ1n) is 8.02. The minimum Gasteiger partial charge on any atom is -0.435 e. The van der Waals surface area contributed by atoms with Crippen LogP contribution in [0.4, 0.5) is 14.5 Å². The van der Waals surface area contributed by atoms with Gasteiger partial charge in [0.25, 0.3) is 5.69 Å². The zero-order chi connectivity index (χ0) is 17.8. The van der Waals surface area contributed by atoms with Crippen LogP contribution in [0.15, 0.2) is 48.5 Å². The summed E-state index contributed by atoms with van der Waals surface area (Å²) in [6, 6.07) is 13.7. The Labute approximate surface area is 144 Å². The zero-order valence-corrected chi connectivity index (χ0v) is 13.5. The van der Waals surface area contributed by atoms with E-state index in [1.54, 1.807) is 24.3 Å². The molecule has 0 unspecified atom stereocenters. The molecule has 2 aromatic carbocycles. The maximum Gasteiger partial charge on any atom is 0.387 e. The van der Waals surface area contributed by atoms with E-state index in [-0.39, 0.29) is 11.4 Å². The van der Waals surface area contributed by atoms with E-state index >= 15 is 0 Å². The lowest BCUT2D eigenvalue weighted by molar-refractivity contribution is -0.384. The van der Waals surface area contributed by atoms with Crippen LogP contribution < -0.4 is 4.74 Å². The van der Waals surface area contributed by atoms with Gasteiger partial charge in [-0.1, -0.05) is 24.3 Å². The van der Waals surface area contributed by atoms with E-state index in [9.17, 15) is 18.9 Å². The van der Waals surface area contributed by atoms with Crippen LogP contribution in [0, 0.1) is 10.1 Å². The molecule has 1 saturated carbocycles. The van der Waals surface area contributed by atoms with Gasteiger partial charge in [0, 0.05) is 31.3 Å². The second-order valence-corrected chi connectivity index (χ2v) is 6.09.